The molecule has 0 aliphatic rings. The van der Waals surface area contributed by atoms with Gasteiger partial charge < -0.3 is 5.11 Å². The molecule has 2 nitrogen and oxygen atoms in total. The van der Waals surface area contributed by atoms with E-state index < -0.39 is 11.2 Å². The van der Waals surface area contributed by atoms with Gasteiger partial charge >= 0.3 is 5.97 Å². The van der Waals surface area contributed by atoms with Crippen molar-refractivity contribution in [2.45, 2.75) is 34.6 Å². The number of carboxylic acid groups (broad SMARTS) is 1. The summed E-state index contributed by atoms with van der Waals surface area (Å²) in [4.78, 5) is 10.8. The molecule has 0 saturated heterocycles. The van der Waals surface area contributed by atoms with Gasteiger partial charge in [-0.05, 0) is 24.2 Å². The summed E-state index contributed by atoms with van der Waals surface area (Å²) in [5.41, 5.74) is 0. The molecule has 0 amide bonds. The molecule has 0 radical (unpaired) electrons. The first-order valence-electron chi connectivity index (χ1n) is 6.11. The first-order valence-corrected chi connectivity index (χ1v) is 10.9. The molecule has 0 rings (SSSR count). The van der Waals surface area contributed by atoms with E-state index in [2.05, 4.69) is 27.7 Å². The van der Waals surface area contributed by atoms with E-state index in [1.165, 1.54) is 0 Å². The quantitative estimate of drug-likeness (QED) is 0.683. The van der Waals surface area contributed by atoms with Crippen molar-refractivity contribution in [3.63, 3.8) is 0 Å². The van der Waals surface area contributed by atoms with E-state index in [1.807, 2.05) is 0 Å². The van der Waals surface area contributed by atoms with Crippen LogP contribution in [0, 0.1) is 17.8 Å². The number of carboxylic acids is 1. The summed E-state index contributed by atoms with van der Waals surface area (Å²) in [6.07, 6.45) is 2.16. The van der Waals surface area contributed by atoms with E-state index in [1.54, 1.807) is 18.3 Å². The highest BCUT2D eigenvalue weighted by Crippen LogP contribution is 2.61. The topological polar surface area (TPSA) is 37.3 Å². The molecule has 17 heavy (non-hydrogen) atoms. The standard InChI is InChI=1S/C12H25O2PS2/c1-9(2)6-15(16,7-10(3)4)17-8-11(5)12(13)14/h9-11H,6-8H2,1-5H3,(H,13,14). The van der Waals surface area contributed by atoms with E-state index in [9.17, 15) is 4.79 Å². The fourth-order valence-electron chi connectivity index (χ4n) is 1.61. The van der Waals surface area contributed by atoms with Crippen molar-refractivity contribution in [3.8, 4) is 0 Å². The molecule has 0 spiro atoms. The van der Waals surface area contributed by atoms with Crippen LogP contribution in [-0.4, -0.2) is 29.2 Å². The number of hydrogen-bond donors (Lipinski definition) is 1. The molecule has 0 aromatic carbocycles. The van der Waals surface area contributed by atoms with Crippen LogP contribution < -0.4 is 0 Å². The summed E-state index contributed by atoms with van der Waals surface area (Å²) in [6, 6.07) is 0. The Bertz CT molecular complexity index is 276. The summed E-state index contributed by atoms with van der Waals surface area (Å²) in [7, 11) is 0. The van der Waals surface area contributed by atoms with Gasteiger partial charge in [0.2, 0.25) is 0 Å². The van der Waals surface area contributed by atoms with Gasteiger partial charge in [0.15, 0.2) is 0 Å². The van der Waals surface area contributed by atoms with Gasteiger partial charge in [-0.25, -0.2) is 0 Å². The zero-order chi connectivity index (χ0) is 13.6. The van der Waals surface area contributed by atoms with Crippen LogP contribution >= 0.6 is 16.6 Å². The lowest BCUT2D eigenvalue weighted by molar-refractivity contribution is -0.140. The molecular formula is C12H25O2PS2. The minimum absolute atomic E-state index is 0.290. The van der Waals surface area contributed by atoms with Gasteiger partial charge in [-0.2, -0.15) is 0 Å². The maximum Gasteiger partial charge on any atom is 0.307 e. The SMILES string of the molecule is CC(C)CP(=S)(CC(C)C)SCC(C)C(=O)O. The van der Waals surface area contributed by atoms with E-state index in [4.69, 9.17) is 16.9 Å². The predicted molar refractivity (Wildman–Crippen MR) is 83.0 cm³/mol. The van der Waals surface area contributed by atoms with Crippen molar-refractivity contribution >= 4 is 34.4 Å². The third-order valence-electron chi connectivity index (χ3n) is 2.27. The molecule has 102 valence electrons. The van der Waals surface area contributed by atoms with Gasteiger partial charge in [0.1, 0.15) is 0 Å². The first kappa shape index (κ1) is 17.5. The Balaban J connectivity index is 4.49. The maximum atomic E-state index is 10.8. The van der Waals surface area contributed by atoms with Crippen LogP contribution in [0.3, 0.4) is 0 Å². The van der Waals surface area contributed by atoms with Gasteiger partial charge in [-0.15, -0.1) is 11.4 Å². The third-order valence-corrected chi connectivity index (χ3v) is 10.6. The van der Waals surface area contributed by atoms with Crippen LogP contribution in [0.5, 0.6) is 0 Å². The van der Waals surface area contributed by atoms with Crippen molar-refractivity contribution in [1.82, 2.24) is 0 Å². The highest BCUT2D eigenvalue weighted by molar-refractivity contribution is 8.71. The second-order valence-corrected chi connectivity index (χ2v) is 14.1. The molecule has 1 unspecified atom stereocenters. The average molecular weight is 296 g/mol. The molecule has 0 aliphatic carbocycles. The smallest absolute Gasteiger partial charge is 0.307 e. The fourth-order valence-corrected chi connectivity index (χ4v) is 11.1. The van der Waals surface area contributed by atoms with E-state index in [0.717, 1.165) is 12.3 Å². The Morgan fingerprint density at radius 2 is 1.59 bits per heavy atom. The maximum absolute atomic E-state index is 10.8. The summed E-state index contributed by atoms with van der Waals surface area (Å²) in [5.74, 6) is 0.862. The van der Waals surface area contributed by atoms with E-state index in [0.29, 0.717) is 17.6 Å². The molecule has 1 N–H and O–H groups in total. The normalized spacial score (nSPS) is 14.3. The minimum atomic E-state index is -1.44. The molecule has 0 fully saturated rings. The molecule has 0 bridgehead atoms. The van der Waals surface area contributed by atoms with Crippen molar-refractivity contribution in [1.29, 1.82) is 0 Å². The average Bonchev–Trinajstić information content (AvgIpc) is 2.11. The first-order chi connectivity index (χ1) is 7.66. The van der Waals surface area contributed by atoms with E-state index >= 15 is 0 Å². The van der Waals surface area contributed by atoms with Gasteiger partial charge in [-0.1, -0.05) is 46.4 Å². The highest BCUT2D eigenvalue weighted by Gasteiger charge is 2.23. The predicted octanol–water partition coefficient (Wildman–Crippen LogP) is 4.15. The van der Waals surface area contributed by atoms with Crippen LogP contribution in [0.15, 0.2) is 0 Å². The number of aliphatic carboxylic acids is 1. The van der Waals surface area contributed by atoms with Crippen LogP contribution in [0.1, 0.15) is 34.6 Å². The van der Waals surface area contributed by atoms with Crippen LogP contribution in [0.4, 0.5) is 0 Å². The Kier molecular flexibility index (Phi) is 8.02. The largest absolute Gasteiger partial charge is 0.481 e. The summed E-state index contributed by atoms with van der Waals surface area (Å²) in [6.45, 7) is 10.6. The lowest BCUT2D eigenvalue weighted by Crippen LogP contribution is -2.13. The zero-order valence-corrected chi connectivity index (χ0v) is 14.0. The molecule has 5 heteroatoms. The van der Waals surface area contributed by atoms with Gasteiger partial charge in [0, 0.05) is 11.0 Å². The Morgan fingerprint density at radius 1 is 1.18 bits per heavy atom. The molecule has 0 aromatic rings. The third kappa shape index (κ3) is 8.23. The monoisotopic (exact) mass is 296 g/mol. The molecule has 0 saturated carbocycles. The number of carbonyl (C=O) groups is 1. The minimum Gasteiger partial charge on any atom is -0.481 e. The second kappa shape index (κ2) is 7.81. The lowest BCUT2D eigenvalue weighted by atomic mass is 10.2. The van der Waals surface area contributed by atoms with Gasteiger partial charge in [0.25, 0.3) is 0 Å². The lowest BCUT2D eigenvalue weighted by Gasteiger charge is -2.26. The Hall–Kier alpha value is 0.470. The second-order valence-electron chi connectivity index (χ2n) is 5.50. The van der Waals surface area contributed by atoms with E-state index in [-0.39, 0.29) is 5.92 Å². The number of hydrogen-bond acceptors (Lipinski definition) is 3. The number of rotatable bonds is 8. The van der Waals surface area contributed by atoms with Crippen LogP contribution in [0.2, 0.25) is 0 Å². The molecular weight excluding hydrogens is 271 g/mol. The van der Waals surface area contributed by atoms with Crippen LogP contribution in [-0.2, 0) is 16.6 Å². The van der Waals surface area contributed by atoms with Crippen molar-refractivity contribution in [2.24, 2.45) is 17.8 Å². The van der Waals surface area contributed by atoms with Crippen LogP contribution in [0.25, 0.3) is 0 Å². The van der Waals surface area contributed by atoms with Crippen molar-refractivity contribution < 1.29 is 9.90 Å². The molecule has 0 aromatic heterocycles. The molecule has 1 atom stereocenters. The highest BCUT2D eigenvalue weighted by atomic mass is 32.9. The summed E-state index contributed by atoms with van der Waals surface area (Å²) >= 11 is 7.60. The summed E-state index contributed by atoms with van der Waals surface area (Å²) < 4.78 is 0. The Labute approximate surface area is 115 Å². The molecule has 0 aliphatic heterocycles. The fraction of sp³-hybridized carbons (Fsp3) is 0.917. The summed E-state index contributed by atoms with van der Waals surface area (Å²) in [5, 5.41) is 7.47. The molecule has 0 heterocycles. The van der Waals surface area contributed by atoms with Gasteiger partial charge in [-0.3, -0.25) is 4.79 Å². The van der Waals surface area contributed by atoms with Gasteiger partial charge in [0.05, 0.1) is 5.92 Å². The zero-order valence-electron chi connectivity index (χ0n) is 11.5. The van der Waals surface area contributed by atoms with Crippen molar-refractivity contribution in [2.75, 3.05) is 18.1 Å². The Morgan fingerprint density at radius 3 is 1.88 bits per heavy atom. The van der Waals surface area contributed by atoms with Crippen molar-refractivity contribution in [3.05, 3.63) is 0 Å².